The van der Waals surface area contributed by atoms with E-state index in [0.717, 1.165) is 6.04 Å². The van der Waals surface area contributed by atoms with Crippen molar-refractivity contribution < 1.29 is 23.1 Å². The number of hydrogen-bond acceptors (Lipinski definition) is 5. The lowest BCUT2D eigenvalue weighted by Crippen LogP contribution is -2.22. The number of carbonyl (C=O) groups excluding carboxylic acids is 1. The highest BCUT2D eigenvalue weighted by atomic mass is 31.2. The Morgan fingerprint density at radius 1 is 1.09 bits per heavy atom. The molecule has 0 radical (unpaired) electrons. The Balaban J connectivity index is 4.14. The van der Waals surface area contributed by atoms with Crippen molar-refractivity contribution in [1.82, 2.24) is 0 Å². The summed E-state index contributed by atoms with van der Waals surface area (Å²) < 4.78 is 27.6. The lowest BCUT2D eigenvalue weighted by atomic mass is 10.4. The van der Waals surface area contributed by atoms with Crippen LogP contribution in [0, 0.1) is 0 Å². The van der Waals surface area contributed by atoms with E-state index in [9.17, 15) is 9.36 Å². The molecule has 22 heavy (non-hydrogen) atoms. The highest BCUT2D eigenvalue weighted by Gasteiger charge is 2.20. The highest BCUT2D eigenvalue weighted by Crippen LogP contribution is 2.47. The molecule has 0 spiro atoms. The maximum atomic E-state index is 12.1. The Morgan fingerprint density at radius 2 is 1.68 bits per heavy atom. The maximum absolute atomic E-state index is 12.1. The zero-order valence-corrected chi connectivity index (χ0v) is 16.2. The molecule has 0 aromatic carbocycles. The van der Waals surface area contributed by atoms with Gasteiger partial charge in [0.15, 0.2) is 0 Å². The van der Waals surface area contributed by atoms with Crippen molar-refractivity contribution in [3.63, 3.8) is 0 Å². The predicted octanol–water partition coefficient (Wildman–Crippen LogP) is 4.25. The number of rotatable bonds is 11. The zero-order valence-electron chi connectivity index (χ0n) is 14.3. The molecule has 0 saturated carbocycles. The van der Waals surface area contributed by atoms with Crippen LogP contribution in [0.1, 0.15) is 13.8 Å². The Hall–Kier alpha value is -0.683. The summed E-state index contributed by atoms with van der Waals surface area (Å²) >= 11 is 0. The summed E-state index contributed by atoms with van der Waals surface area (Å²) in [7, 11) is -4.23. The first-order chi connectivity index (χ1) is 10.2. The van der Waals surface area contributed by atoms with Gasteiger partial charge in [0.25, 0.3) is 0 Å². The van der Waals surface area contributed by atoms with Gasteiger partial charge in [0, 0.05) is 14.1 Å². The molecule has 0 aliphatic heterocycles. The molecule has 0 atom stereocenters. The molecule has 5 nitrogen and oxygen atoms in total. The number of ether oxygens (including phenoxy) is 1. The first-order valence-electron chi connectivity index (χ1n) is 7.60. The zero-order chi connectivity index (χ0) is 17.1. The van der Waals surface area contributed by atoms with Gasteiger partial charge >= 0.3 is 13.6 Å². The Morgan fingerprint density at radius 3 is 2.18 bits per heavy atom. The van der Waals surface area contributed by atoms with E-state index in [0.29, 0.717) is 19.8 Å². The van der Waals surface area contributed by atoms with Crippen LogP contribution in [0.5, 0.6) is 0 Å². The third-order valence-corrected chi connectivity index (χ3v) is 6.22. The van der Waals surface area contributed by atoms with Crippen molar-refractivity contribution in [3.8, 4) is 0 Å². The van der Waals surface area contributed by atoms with E-state index in [-0.39, 0.29) is 12.1 Å². The largest absolute Gasteiger partial charge is 0.463 e. The van der Waals surface area contributed by atoms with Gasteiger partial charge in [0.05, 0.1) is 26.0 Å². The van der Waals surface area contributed by atoms with E-state index in [1.165, 1.54) is 6.08 Å². The molecule has 7 heteroatoms. The minimum Gasteiger partial charge on any atom is -0.463 e. The van der Waals surface area contributed by atoms with Gasteiger partial charge in [-0.25, -0.2) is 4.79 Å². The molecular formula is C15H29O5PSi. The first-order valence-corrected chi connectivity index (χ1v) is 13.0. The second-order valence-electron chi connectivity index (χ2n) is 5.89. The van der Waals surface area contributed by atoms with Crippen molar-refractivity contribution in [2.24, 2.45) is 0 Å². The van der Waals surface area contributed by atoms with Crippen LogP contribution in [0.3, 0.4) is 0 Å². The van der Waals surface area contributed by atoms with Gasteiger partial charge < -0.3 is 13.8 Å². The lowest BCUT2D eigenvalue weighted by molar-refractivity contribution is -0.137. The molecule has 128 valence electrons. The quantitative estimate of drug-likeness (QED) is 0.184. The molecule has 0 saturated heterocycles. The van der Waals surface area contributed by atoms with Crippen LogP contribution in [-0.2, 0) is 23.1 Å². The van der Waals surface area contributed by atoms with E-state index in [4.69, 9.17) is 13.8 Å². The third-order valence-electron chi connectivity index (χ3n) is 2.56. The van der Waals surface area contributed by atoms with E-state index < -0.39 is 15.7 Å². The van der Waals surface area contributed by atoms with Crippen molar-refractivity contribution in [1.29, 1.82) is 0 Å². The first kappa shape index (κ1) is 21.3. The summed E-state index contributed by atoms with van der Waals surface area (Å²) in [4.78, 5) is 11.5. The van der Waals surface area contributed by atoms with Crippen LogP contribution in [0.25, 0.3) is 0 Å². The second kappa shape index (κ2) is 10.9. The number of carbonyl (C=O) groups is 1. The van der Waals surface area contributed by atoms with Crippen LogP contribution in [0.15, 0.2) is 24.3 Å². The Kier molecular flexibility index (Phi) is 10.6. The molecule has 0 unspecified atom stereocenters. The molecule has 0 aromatic rings. The normalized spacial score (nSPS) is 13.1. The minimum atomic E-state index is -3.05. The fraction of sp³-hybridized carbons (Fsp3) is 0.667. The van der Waals surface area contributed by atoms with Crippen LogP contribution in [0.4, 0.5) is 0 Å². The minimum absolute atomic E-state index is 0.184. The smallest absolute Gasteiger partial charge is 0.334 e. The standard InChI is InChI=1S/C15H29O5PSi/c1-6-19-21(17,20-7-2)13-10-8-9-11-15(16)18-12-14-22(3,4)5/h8-11H,6-7,12-14H2,1-5H3/b10-8+,11-9+. The number of hydrogen-bond donors (Lipinski definition) is 0. The number of allylic oxidation sites excluding steroid dienone is 3. The maximum Gasteiger partial charge on any atom is 0.334 e. The van der Waals surface area contributed by atoms with Crippen molar-refractivity contribution in [2.75, 3.05) is 26.0 Å². The van der Waals surface area contributed by atoms with Gasteiger partial charge in [-0.15, -0.1) is 0 Å². The third kappa shape index (κ3) is 11.9. The van der Waals surface area contributed by atoms with E-state index >= 15 is 0 Å². The van der Waals surface area contributed by atoms with Crippen LogP contribution >= 0.6 is 7.60 Å². The predicted molar refractivity (Wildman–Crippen MR) is 93.1 cm³/mol. The fourth-order valence-electron chi connectivity index (χ4n) is 1.44. The van der Waals surface area contributed by atoms with Gasteiger partial charge in [0.1, 0.15) is 0 Å². The molecule has 0 heterocycles. The van der Waals surface area contributed by atoms with Gasteiger partial charge in [0.2, 0.25) is 0 Å². The topological polar surface area (TPSA) is 61.8 Å². The molecule has 0 N–H and O–H groups in total. The Bertz CT molecular complexity index is 416. The average Bonchev–Trinajstić information content (AvgIpc) is 2.37. The summed E-state index contributed by atoms with van der Waals surface area (Å²) in [5.41, 5.74) is 0. The van der Waals surface area contributed by atoms with Crippen LogP contribution < -0.4 is 0 Å². The SMILES string of the molecule is CCOP(=O)(C/C=C/C=C/C(=O)OCC[Si](C)(C)C)OCC. The van der Waals surface area contributed by atoms with Crippen molar-refractivity contribution in [2.45, 2.75) is 39.5 Å². The Labute approximate surface area is 135 Å². The number of esters is 1. The summed E-state index contributed by atoms with van der Waals surface area (Å²) in [6.07, 6.45) is 6.41. The van der Waals surface area contributed by atoms with E-state index in [1.807, 2.05) is 0 Å². The summed E-state index contributed by atoms with van der Waals surface area (Å²) in [6.45, 7) is 11.4. The summed E-state index contributed by atoms with van der Waals surface area (Å²) in [6, 6.07) is 0.953. The summed E-state index contributed by atoms with van der Waals surface area (Å²) in [5, 5.41) is 0. The molecule has 0 rings (SSSR count). The van der Waals surface area contributed by atoms with Crippen molar-refractivity contribution in [3.05, 3.63) is 24.3 Å². The molecule has 0 aromatic heterocycles. The molecule has 0 aliphatic rings. The second-order valence-corrected chi connectivity index (χ2v) is 13.6. The van der Waals surface area contributed by atoms with Gasteiger partial charge in [-0.3, -0.25) is 4.57 Å². The van der Waals surface area contributed by atoms with E-state index in [2.05, 4.69) is 19.6 Å². The lowest BCUT2D eigenvalue weighted by Gasteiger charge is -2.14. The average molecular weight is 348 g/mol. The molecular weight excluding hydrogens is 319 g/mol. The molecule has 0 amide bonds. The van der Waals surface area contributed by atoms with Gasteiger partial charge in [-0.05, 0) is 19.9 Å². The van der Waals surface area contributed by atoms with Crippen LogP contribution in [0.2, 0.25) is 25.7 Å². The molecule has 0 fully saturated rings. The van der Waals surface area contributed by atoms with E-state index in [1.54, 1.807) is 32.1 Å². The monoisotopic (exact) mass is 348 g/mol. The fourth-order valence-corrected chi connectivity index (χ4v) is 3.61. The van der Waals surface area contributed by atoms with Crippen molar-refractivity contribution >= 4 is 21.6 Å². The van der Waals surface area contributed by atoms with Gasteiger partial charge in [-0.1, -0.05) is 37.9 Å². The molecule has 0 bridgehead atoms. The molecule has 0 aliphatic carbocycles. The van der Waals surface area contributed by atoms with Crippen LogP contribution in [-0.4, -0.2) is 40.0 Å². The summed E-state index contributed by atoms with van der Waals surface area (Å²) in [5.74, 6) is -0.360. The highest BCUT2D eigenvalue weighted by molar-refractivity contribution is 7.54. The van der Waals surface area contributed by atoms with Gasteiger partial charge in [-0.2, -0.15) is 0 Å².